The Hall–Kier alpha value is -4.27. The summed E-state index contributed by atoms with van der Waals surface area (Å²) in [5.41, 5.74) is 3.40. The maximum Gasteiger partial charge on any atom is 0.254 e. The molecule has 218 valence electrons. The van der Waals surface area contributed by atoms with Gasteiger partial charge in [-0.2, -0.15) is 0 Å². The Labute approximate surface area is 246 Å². The van der Waals surface area contributed by atoms with Crippen LogP contribution in [0.4, 0.5) is 4.39 Å². The molecule has 8 heteroatoms. The van der Waals surface area contributed by atoms with Crippen LogP contribution in [0.15, 0.2) is 95.4 Å². The molecule has 1 fully saturated rings. The second-order valence-corrected chi connectivity index (χ2v) is 10.5. The molecule has 2 amide bonds. The zero-order valence-corrected chi connectivity index (χ0v) is 23.9. The smallest absolute Gasteiger partial charge is 0.254 e. The first-order chi connectivity index (χ1) is 20.4. The monoisotopic (exact) mass is 569 g/mol. The van der Waals surface area contributed by atoms with Gasteiger partial charge in [-0.25, -0.2) is 4.39 Å². The van der Waals surface area contributed by atoms with Gasteiger partial charge < -0.3 is 19.0 Å². The van der Waals surface area contributed by atoms with Crippen molar-refractivity contribution in [3.8, 4) is 11.1 Å². The second kappa shape index (κ2) is 14.1. The van der Waals surface area contributed by atoms with Crippen LogP contribution in [-0.2, 0) is 22.6 Å². The lowest BCUT2D eigenvalue weighted by molar-refractivity contribution is -0.133. The normalized spacial score (nSPS) is 13.6. The molecular formula is C34H36FN3O4. The Morgan fingerprint density at radius 1 is 0.810 bits per heavy atom. The lowest BCUT2D eigenvalue weighted by Gasteiger charge is -2.31. The van der Waals surface area contributed by atoms with Crippen molar-refractivity contribution < 1.29 is 23.1 Å². The van der Waals surface area contributed by atoms with Gasteiger partial charge in [0.05, 0.1) is 19.8 Å². The predicted molar refractivity (Wildman–Crippen MR) is 159 cm³/mol. The van der Waals surface area contributed by atoms with E-state index in [1.54, 1.807) is 21.9 Å². The number of hydrogen-bond donors (Lipinski definition) is 0. The van der Waals surface area contributed by atoms with Crippen LogP contribution in [0.1, 0.15) is 27.4 Å². The molecule has 0 radical (unpaired) electrons. The fraction of sp³-hybridized carbons (Fsp3) is 0.294. The number of nitrogens with zero attached hydrogens (tertiary/aromatic N) is 3. The molecule has 5 rings (SSSR count). The first-order valence-electron chi connectivity index (χ1n) is 14.3. The maximum absolute atomic E-state index is 13.8. The third-order valence-corrected chi connectivity index (χ3v) is 7.42. The molecule has 0 bridgehead atoms. The molecule has 0 atom stereocenters. The van der Waals surface area contributed by atoms with Crippen LogP contribution >= 0.6 is 0 Å². The molecule has 4 aromatic rings. The maximum atomic E-state index is 13.8. The van der Waals surface area contributed by atoms with E-state index in [-0.39, 0.29) is 37.3 Å². The van der Waals surface area contributed by atoms with Crippen molar-refractivity contribution in [2.75, 3.05) is 45.9 Å². The number of amides is 2. The van der Waals surface area contributed by atoms with E-state index in [4.69, 9.17) is 9.15 Å². The molecule has 1 aliphatic rings. The van der Waals surface area contributed by atoms with Crippen molar-refractivity contribution in [2.24, 2.45) is 0 Å². The fourth-order valence-electron chi connectivity index (χ4n) is 5.02. The van der Waals surface area contributed by atoms with Crippen molar-refractivity contribution in [3.05, 3.63) is 119 Å². The Bertz CT molecular complexity index is 1450. The predicted octanol–water partition coefficient (Wildman–Crippen LogP) is 5.40. The second-order valence-electron chi connectivity index (χ2n) is 10.5. The molecule has 7 nitrogen and oxygen atoms in total. The topological polar surface area (TPSA) is 66.2 Å². The number of halogens is 1. The minimum atomic E-state index is -0.337. The summed E-state index contributed by atoms with van der Waals surface area (Å²) >= 11 is 0. The van der Waals surface area contributed by atoms with Crippen LogP contribution in [0.5, 0.6) is 0 Å². The van der Waals surface area contributed by atoms with Crippen molar-refractivity contribution >= 4 is 11.8 Å². The standard InChI is InChI=1S/C34H36FN3O4/c1-26-7-16-32(42-26)24-38(23-27-8-14-31(35)15-9-27)33(39)25-37(18-17-36-19-21-41-22-20-36)34(40)30-12-10-29(11-13-30)28-5-3-2-4-6-28/h2-16H,17-25H2,1H3. The van der Waals surface area contributed by atoms with E-state index in [0.717, 1.165) is 35.5 Å². The third-order valence-electron chi connectivity index (χ3n) is 7.42. The van der Waals surface area contributed by atoms with Crippen LogP contribution < -0.4 is 0 Å². The average Bonchev–Trinajstić information content (AvgIpc) is 3.44. The summed E-state index contributed by atoms with van der Waals surface area (Å²) in [4.78, 5) is 33.2. The molecule has 0 aliphatic carbocycles. The summed E-state index contributed by atoms with van der Waals surface area (Å²) < 4.78 is 24.8. The summed E-state index contributed by atoms with van der Waals surface area (Å²) in [6.07, 6.45) is 0. The first-order valence-corrected chi connectivity index (χ1v) is 14.3. The third kappa shape index (κ3) is 7.93. The molecule has 1 aromatic heterocycles. The van der Waals surface area contributed by atoms with Gasteiger partial charge in [0.25, 0.3) is 5.91 Å². The number of ether oxygens (including phenoxy) is 1. The zero-order chi connectivity index (χ0) is 29.3. The van der Waals surface area contributed by atoms with Crippen LogP contribution in [0, 0.1) is 12.7 Å². The highest BCUT2D eigenvalue weighted by atomic mass is 19.1. The quantitative estimate of drug-likeness (QED) is 0.242. The molecule has 3 aromatic carbocycles. The summed E-state index contributed by atoms with van der Waals surface area (Å²) in [6, 6.07) is 27.3. The number of carbonyl (C=O) groups excluding carboxylic acids is 2. The Kier molecular flexibility index (Phi) is 9.79. The molecule has 1 aliphatic heterocycles. The van der Waals surface area contributed by atoms with Gasteiger partial charge in [-0.05, 0) is 60.0 Å². The molecule has 0 N–H and O–H groups in total. The fourth-order valence-corrected chi connectivity index (χ4v) is 5.02. The number of benzene rings is 3. The van der Waals surface area contributed by atoms with Crippen LogP contribution in [0.2, 0.25) is 0 Å². The Morgan fingerprint density at radius 3 is 2.17 bits per heavy atom. The van der Waals surface area contributed by atoms with Gasteiger partial charge in [-0.3, -0.25) is 14.5 Å². The van der Waals surface area contributed by atoms with Crippen molar-refractivity contribution in [1.82, 2.24) is 14.7 Å². The largest absolute Gasteiger partial charge is 0.464 e. The van der Waals surface area contributed by atoms with Crippen molar-refractivity contribution in [1.29, 1.82) is 0 Å². The van der Waals surface area contributed by atoms with E-state index in [1.165, 1.54) is 12.1 Å². The first kappa shape index (κ1) is 29.2. The van der Waals surface area contributed by atoms with Crippen molar-refractivity contribution in [2.45, 2.75) is 20.0 Å². The Morgan fingerprint density at radius 2 is 1.50 bits per heavy atom. The lowest BCUT2D eigenvalue weighted by atomic mass is 10.0. The van der Waals surface area contributed by atoms with E-state index in [9.17, 15) is 14.0 Å². The summed E-state index contributed by atoms with van der Waals surface area (Å²) in [5.74, 6) is 0.638. The molecule has 0 saturated carbocycles. The highest BCUT2D eigenvalue weighted by Gasteiger charge is 2.25. The molecular weight excluding hydrogens is 533 g/mol. The SMILES string of the molecule is Cc1ccc(CN(Cc2ccc(F)cc2)C(=O)CN(CCN2CCOCC2)C(=O)c2ccc(-c3ccccc3)cc2)o1. The minimum Gasteiger partial charge on any atom is -0.464 e. The molecule has 0 unspecified atom stereocenters. The average molecular weight is 570 g/mol. The highest BCUT2D eigenvalue weighted by molar-refractivity contribution is 5.97. The van der Waals surface area contributed by atoms with Gasteiger partial charge >= 0.3 is 0 Å². The minimum absolute atomic E-state index is 0.0928. The summed E-state index contributed by atoms with van der Waals surface area (Å²) in [5, 5.41) is 0. The van der Waals surface area contributed by atoms with E-state index in [1.807, 2.05) is 73.7 Å². The van der Waals surface area contributed by atoms with E-state index >= 15 is 0 Å². The van der Waals surface area contributed by atoms with Gasteiger partial charge in [0.1, 0.15) is 23.9 Å². The van der Waals surface area contributed by atoms with Crippen LogP contribution in [0.25, 0.3) is 11.1 Å². The van der Waals surface area contributed by atoms with E-state index in [2.05, 4.69) is 4.90 Å². The highest BCUT2D eigenvalue weighted by Crippen LogP contribution is 2.20. The van der Waals surface area contributed by atoms with Gasteiger partial charge in [0, 0.05) is 38.3 Å². The van der Waals surface area contributed by atoms with E-state index in [0.29, 0.717) is 37.6 Å². The van der Waals surface area contributed by atoms with Gasteiger partial charge in [0.15, 0.2) is 0 Å². The number of rotatable bonds is 11. The lowest BCUT2D eigenvalue weighted by Crippen LogP contribution is -2.47. The van der Waals surface area contributed by atoms with Gasteiger partial charge in [0.2, 0.25) is 5.91 Å². The number of carbonyl (C=O) groups is 2. The van der Waals surface area contributed by atoms with Crippen LogP contribution in [-0.4, -0.2) is 72.5 Å². The number of aryl methyl sites for hydroxylation is 1. The Balaban J connectivity index is 1.35. The van der Waals surface area contributed by atoms with Crippen molar-refractivity contribution in [3.63, 3.8) is 0 Å². The molecule has 42 heavy (non-hydrogen) atoms. The number of morpholine rings is 1. The van der Waals surface area contributed by atoms with E-state index < -0.39 is 0 Å². The number of hydrogen-bond acceptors (Lipinski definition) is 5. The zero-order valence-electron chi connectivity index (χ0n) is 23.9. The molecule has 1 saturated heterocycles. The van der Waals surface area contributed by atoms with Gasteiger partial charge in [-0.1, -0.05) is 54.6 Å². The molecule has 2 heterocycles. The number of furan rings is 1. The molecule has 0 spiro atoms. The summed E-state index contributed by atoms with van der Waals surface area (Å²) in [7, 11) is 0. The summed E-state index contributed by atoms with van der Waals surface area (Å²) in [6.45, 7) is 6.18. The van der Waals surface area contributed by atoms with Crippen LogP contribution in [0.3, 0.4) is 0 Å². The van der Waals surface area contributed by atoms with Gasteiger partial charge in [-0.15, -0.1) is 0 Å².